The molecular weight excluding hydrogens is 293 g/mol. The van der Waals surface area contributed by atoms with Gasteiger partial charge in [-0.25, -0.2) is 4.98 Å². The number of nitrogens with zero attached hydrogens (tertiary/aromatic N) is 3. The zero-order valence-corrected chi connectivity index (χ0v) is 12.4. The van der Waals surface area contributed by atoms with E-state index in [-0.39, 0.29) is 0 Å². The number of halogens is 3. The number of nitrogens with one attached hydrogen (secondary N) is 1. The molecule has 1 aliphatic heterocycles. The Bertz CT molecular complexity index is 641. The maximum absolute atomic E-state index is 12.7. The van der Waals surface area contributed by atoms with Crippen molar-refractivity contribution in [3.63, 3.8) is 0 Å². The Kier molecular flexibility index (Phi) is 3.99. The highest BCUT2D eigenvalue weighted by Crippen LogP contribution is 2.30. The van der Waals surface area contributed by atoms with Gasteiger partial charge in [0.1, 0.15) is 5.82 Å². The van der Waals surface area contributed by atoms with Crippen molar-refractivity contribution in [2.24, 2.45) is 13.0 Å². The van der Waals surface area contributed by atoms with Crippen LogP contribution in [0, 0.1) is 5.92 Å². The van der Waals surface area contributed by atoms with Crippen LogP contribution in [-0.2, 0) is 32.7 Å². The van der Waals surface area contributed by atoms with E-state index in [0.717, 1.165) is 25.7 Å². The van der Waals surface area contributed by atoms with Crippen LogP contribution >= 0.6 is 0 Å². The van der Waals surface area contributed by atoms with Gasteiger partial charge in [0.2, 0.25) is 0 Å². The molecule has 0 saturated heterocycles. The van der Waals surface area contributed by atoms with E-state index in [1.54, 1.807) is 4.57 Å². The second-order valence-electron chi connectivity index (χ2n) is 5.91. The SMILES string of the molecule is Cn1ccc(CNCC2CCc3nc(C(F)(F)F)cn3C2)c1. The third-order valence-corrected chi connectivity index (χ3v) is 4.04. The van der Waals surface area contributed by atoms with Crippen LogP contribution in [0.25, 0.3) is 0 Å². The molecule has 1 unspecified atom stereocenters. The van der Waals surface area contributed by atoms with Gasteiger partial charge in [-0.3, -0.25) is 0 Å². The molecule has 2 aromatic heterocycles. The van der Waals surface area contributed by atoms with Gasteiger partial charge < -0.3 is 14.5 Å². The first-order valence-electron chi connectivity index (χ1n) is 7.36. The number of rotatable bonds is 4. The van der Waals surface area contributed by atoms with Crippen molar-refractivity contribution < 1.29 is 13.2 Å². The minimum atomic E-state index is -4.36. The first-order valence-corrected chi connectivity index (χ1v) is 7.36. The Morgan fingerprint density at radius 3 is 2.86 bits per heavy atom. The lowest BCUT2D eigenvalue weighted by Gasteiger charge is -2.23. The molecule has 0 aromatic carbocycles. The summed E-state index contributed by atoms with van der Waals surface area (Å²) >= 11 is 0. The van der Waals surface area contributed by atoms with Crippen LogP contribution in [0.4, 0.5) is 13.2 Å². The van der Waals surface area contributed by atoms with E-state index in [2.05, 4.69) is 22.6 Å². The molecule has 120 valence electrons. The van der Waals surface area contributed by atoms with E-state index >= 15 is 0 Å². The van der Waals surface area contributed by atoms with Crippen molar-refractivity contribution in [3.8, 4) is 0 Å². The Morgan fingerprint density at radius 1 is 1.36 bits per heavy atom. The van der Waals surface area contributed by atoms with E-state index in [4.69, 9.17) is 0 Å². The largest absolute Gasteiger partial charge is 0.434 e. The zero-order chi connectivity index (χ0) is 15.7. The van der Waals surface area contributed by atoms with Gasteiger partial charge in [0.15, 0.2) is 5.69 Å². The van der Waals surface area contributed by atoms with Crippen molar-refractivity contribution in [2.75, 3.05) is 6.54 Å². The van der Waals surface area contributed by atoms with Crippen LogP contribution in [-0.4, -0.2) is 20.7 Å². The second-order valence-corrected chi connectivity index (χ2v) is 5.91. The summed E-state index contributed by atoms with van der Waals surface area (Å²) in [6.45, 7) is 2.18. The van der Waals surface area contributed by atoms with Crippen LogP contribution in [0.3, 0.4) is 0 Å². The van der Waals surface area contributed by atoms with Crippen LogP contribution in [0.2, 0.25) is 0 Å². The normalized spacial score (nSPS) is 18.5. The number of alkyl halides is 3. The van der Waals surface area contributed by atoms with E-state index in [0.29, 0.717) is 24.7 Å². The molecule has 1 aliphatic rings. The minimum absolute atomic E-state index is 0.339. The van der Waals surface area contributed by atoms with E-state index in [1.807, 2.05) is 17.8 Å². The number of aryl methyl sites for hydroxylation is 2. The van der Waals surface area contributed by atoms with Gasteiger partial charge >= 0.3 is 6.18 Å². The molecule has 0 spiro atoms. The van der Waals surface area contributed by atoms with Gasteiger partial charge in [0, 0.05) is 45.1 Å². The number of aromatic nitrogens is 3. The third-order valence-electron chi connectivity index (χ3n) is 4.04. The molecule has 0 bridgehead atoms. The fraction of sp³-hybridized carbons (Fsp3) is 0.533. The highest BCUT2D eigenvalue weighted by atomic mass is 19.4. The highest BCUT2D eigenvalue weighted by molar-refractivity contribution is 5.11. The molecule has 2 aromatic rings. The first kappa shape index (κ1) is 15.1. The average molecular weight is 312 g/mol. The summed E-state index contributed by atoms with van der Waals surface area (Å²) in [5.41, 5.74) is 0.432. The summed E-state index contributed by atoms with van der Waals surface area (Å²) in [5, 5.41) is 3.38. The number of hydrogen-bond donors (Lipinski definition) is 1. The van der Waals surface area contributed by atoms with Crippen molar-refractivity contribution in [3.05, 3.63) is 41.7 Å². The molecule has 1 N–H and O–H groups in total. The highest BCUT2D eigenvalue weighted by Gasteiger charge is 2.35. The lowest BCUT2D eigenvalue weighted by molar-refractivity contribution is -0.141. The molecule has 7 heteroatoms. The fourth-order valence-corrected chi connectivity index (χ4v) is 2.90. The van der Waals surface area contributed by atoms with Gasteiger partial charge in [0.25, 0.3) is 0 Å². The number of imidazole rings is 1. The van der Waals surface area contributed by atoms with Crippen LogP contribution in [0.15, 0.2) is 24.7 Å². The summed E-state index contributed by atoms with van der Waals surface area (Å²) in [6, 6.07) is 2.05. The second kappa shape index (κ2) is 5.79. The maximum atomic E-state index is 12.7. The fourth-order valence-electron chi connectivity index (χ4n) is 2.90. The Hall–Kier alpha value is -1.76. The zero-order valence-electron chi connectivity index (χ0n) is 12.4. The molecule has 0 amide bonds. The molecule has 3 heterocycles. The van der Waals surface area contributed by atoms with Crippen LogP contribution in [0.5, 0.6) is 0 Å². The lowest BCUT2D eigenvalue weighted by atomic mass is 9.99. The van der Waals surface area contributed by atoms with Crippen LogP contribution in [0.1, 0.15) is 23.5 Å². The molecule has 0 radical (unpaired) electrons. The van der Waals surface area contributed by atoms with Gasteiger partial charge in [-0.2, -0.15) is 13.2 Å². The van der Waals surface area contributed by atoms with Crippen molar-refractivity contribution in [2.45, 2.75) is 32.1 Å². The van der Waals surface area contributed by atoms with E-state index < -0.39 is 11.9 Å². The van der Waals surface area contributed by atoms with Crippen molar-refractivity contribution in [1.29, 1.82) is 0 Å². The quantitative estimate of drug-likeness (QED) is 0.942. The molecule has 4 nitrogen and oxygen atoms in total. The molecule has 0 saturated carbocycles. The van der Waals surface area contributed by atoms with Gasteiger partial charge in [-0.15, -0.1) is 0 Å². The summed E-state index contributed by atoms with van der Waals surface area (Å²) in [5.74, 6) is 0.887. The number of hydrogen-bond acceptors (Lipinski definition) is 2. The minimum Gasteiger partial charge on any atom is -0.357 e. The molecule has 3 rings (SSSR count). The monoisotopic (exact) mass is 312 g/mol. The summed E-state index contributed by atoms with van der Waals surface area (Å²) in [4.78, 5) is 3.70. The molecule has 22 heavy (non-hydrogen) atoms. The third kappa shape index (κ3) is 3.35. The summed E-state index contributed by atoms with van der Waals surface area (Å²) in [7, 11) is 1.98. The molecule has 0 fully saturated rings. The molecule has 1 atom stereocenters. The van der Waals surface area contributed by atoms with E-state index in [1.165, 1.54) is 5.56 Å². The Morgan fingerprint density at radius 2 is 2.18 bits per heavy atom. The average Bonchev–Trinajstić information content (AvgIpc) is 3.04. The smallest absolute Gasteiger partial charge is 0.357 e. The van der Waals surface area contributed by atoms with Crippen LogP contribution < -0.4 is 5.32 Å². The van der Waals surface area contributed by atoms with Crippen molar-refractivity contribution >= 4 is 0 Å². The van der Waals surface area contributed by atoms with Gasteiger partial charge in [-0.05, 0) is 30.5 Å². The first-order chi connectivity index (χ1) is 10.4. The standard InChI is InChI=1S/C15H19F3N4/c1-21-5-4-12(8-21)7-19-6-11-2-3-14-20-13(15(16,17)18)10-22(14)9-11/h4-5,8,10-11,19H,2-3,6-7,9H2,1H3. The van der Waals surface area contributed by atoms with E-state index in [9.17, 15) is 13.2 Å². The summed E-state index contributed by atoms with van der Waals surface area (Å²) < 4.78 is 41.7. The van der Waals surface area contributed by atoms with Gasteiger partial charge in [0.05, 0.1) is 0 Å². The van der Waals surface area contributed by atoms with Crippen molar-refractivity contribution in [1.82, 2.24) is 19.4 Å². The molecular formula is C15H19F3N4. The topological polar surface area (TPSA) is 34.8 Å². The lowest BCUT2D eigenvalue weighted by Crippen LogP contribution is -2.29. The summed E-state index contributed by atoms with van der Waals surface area (Å²) in [6.07, 6.45) is 2.31. The maximum Gasteiger partial charge on any atom is 0.434 e. The molecule has 0 aliphatic carbocycles. The number of fused-ring (bicyclic) bond motifs is 1. The Balaban J connectivity index is 1.54. The predicted molar refractivity (Wildman–Crippen MR) is 76.2 cm³/mol. The Labute approximate surface area is 127 Å². The predicted octanol–water partition coefficient (Wildman–Crippen LogP) is 2.59. The van der Waals surface area contributed by atoms with Gasteiger partial charge in [-0.1, -0.05) is 0 Å².